The molecule has 22 nitrogen and oxygen atoms in total. The van der Waals surface area contributed by atoms with Crippen molar-refractivity contribution in [1.82, 2.24) is 44.5 Å². The highest BCUT2D eigenvalue weighted by molar-refractivity contribution is 6.01. The average molecular weight is 1300 g/mol. The number of aryl methyl sites for hydroxylation is 6. The van der Waals surface area contributed by atoms with Gasteiger partial charge in [0.1, 0.15) is 51.7 Å². The molecule has 6 fully saturated rings. The number of rotatable bonds is 11. The zero-order chi connectivity index (χ0) is 67.7. The van der Waals surface area contributed by atoms with Gasteiger partial charge in [-0.1, -0.05) is 28.3 Å². The standard InChI is InChI=1S/C26H33N3O5.C21H23N3O4.C21H25N3O3.C5H8O/c1-13-21(14(2)34-28-13)16-11-18(23(31)17-7-6-8-20(17)30)22-19(12-16)29(24(27-22)15-9-10-15)25(32)33-26(3,4)5;1-11-17(12(2)28-23-11)14-8-15(10-25)18-16(9-14)24(19(22-18)13-6-7-13)20(26)27-21(3,4)5;1-10-18(11(2)27-24-10)13-8-15(20(26)14-4-3-5-17(14)25)19-16(9-13)22-21(23-19)12-6-7-12;6-5-3-1-2-4-5/h11-12,15,17,20,23,30-31H,6-10H2,1-5H3;8-10,13H,6-7H2,1-5H3;8-9,12,14,17,20,25-26H,3-7H2,1-2H3,(H,22,23);1-4H2. The van der Waals surface area contributed by atoms with Crippen LogP contribution in [0.4, 0.5) is 9.59 Å². The number of aldehydes is 1. The average Bonchev–Trinajstić information content (AvgIpc) is 1.74. The fourth-order valence-electron chi connectivity index (χ4n) is 14.0. The van der Waals surface area contributed by atoms with Crippen molar-refractivity contribution in [2.45, 2.75) is 239 Å². The van der Waals surface area contributed by atoms with Gasteiger partial charge in [0, 0.05) is 75.8 Å². The second-order valence-electron chi connectivity index (χ2n) is 29.0. The number of ketones is 1. The number of H-pyrrole nitrogens is 1. The number of ether oxygens (including phenoxy) is 2. The summed E-state index contributed by atoms with van der Waals surface area (Å²) in [7, 11) is 0. The van der Waals surface area contributed by atoms with E-state index in [1.54, 1.807) is 10.6 Å². The van der Waals surface area contributed by atoms with E-state index in [-0.39, 0.29) is 23.7 Å². The summed E-state index contributed by atoms with van der Waals surface area (Å²) in [5.41, 5.74) is 11.9. The van der Waals surface area contributed by atoms with E-state index >= 15 is 0 Å². The Balaban J connectivity index is 0.000000131. The Bertz CT molecular complexity index is 4310. The number of carbonyl (C=O) groups excluding carboxylic acids is 4. The maximum Gasteiger partial charge on any atom is 0.420 e. The van der Waals surface area contributed by atoms with Crippen LogP contribution >= 0.6 is 0 Å². The van der Waals surface area contributed by atoms with Crippen LogP contribution in [0.25, 0.3) is 66.5 Å². The predicted molar refractivity (Wildman–Crippen MR) is 355 cm³/mol. The Kier molecular flexibility index (Phi) is 18.6. The minimum Gasteiger partial charge on any atom is -0.443 e. The second-order valence-corrected chi connectivity index (χ2v) is 29.0. The van der Waals surface area contributed by atoms with Crippen LogP contribution in [-0.4, -0.2) is 113 Å². The monoisotopic (exact) mass is 1300 g/mol. The highest BCUT2D eigenvalue weighted by atomic mass is 16.6. The normalized spacial score (nSPS) is 20.3. The lowest BCUT2D eigenvalue weighted by atomic mass is 9.89. The molecule has 6 aliphatic rings. The molecule has 15 rings (SSSR count). The molecule has 6 saturated carbocycles. The Morgan fingerprint density at radius 1 is 0.547 bits per heavy atom. The number of carbonyl (C=O) groups is 4. The lowest BCUT2D eigenvalue weighted by Gasteiger charge is -2.23. The first-order valence-corrected chi connectivity index (χ1v) is 33.8. The molecule has 0 saturated heterocycles. The Morgan fingerprint density at radius 3 is 1.33 bits per heavy atom. The number of nitrogens with one attached hydrogen (secondary N) is 1. The van der Waals surface area contributed by atoms with Crippen LogP contribution in [0.15, 0.2) is 50.0 Å². The number of hydrogen-bond donors (Lipinski definition) is 5. The molecular formula is C73H89N9O13. The summed E-state index contributed by atoms with van der Waals surface area (Å²) in [6.45, 7) is 22.2. The molecule has 6 aliphatic carbocycles. The number of aromatic nitrogens is 9. The summed E-state index contributed by atoms with van der Waals surface area (Å²) in [6.07, 6.45) is 12.1. The zero-order valence-corrected chi connectivity index (χ0v) is 56.6. The molecule has 9 aromatic rings. The van der Waals surface area contributed by atoms with Crippen molar-refractivity contribution in [1.29, 1.82) is 0 Å². The van der Waals surface area contributed by atoms with Crippen LogP contribution in [0.2, 0.25) is 0 Å². The van der Waals surface area contributed by atoms with Crippen molar-refractivity contribution in [3.8, 4) is 33.4 Å². The fourth-order valence-corrected chi connectivity index (χ4v) is 14.0. The molecule has 22 heteroatoms. The number of aliphatic hydroxyl groups is 4. The quantitative estimate of drug-likeness (QED) is 0.0751. The molecule has 0 aliphatic heterocycles. The number of benzene rings is 3. The zero-order valence-electron chi connectivity index (χ0n) is 56.6. The smallest absolute Gasteiger partial charge is 0.420 e. The van der Waals surface area contributed by atoms with Gasteiger partial charge in [-0.3, -0.25) is 9.59 Å². The molecule has 6 unspecified atom stereocenters. The first kappa shape index (κ1) is 66.8. The van der Waals surface area contributed by atoms with Gasteiger partial charge in [-0.15, -0.1) is 0 Å². The van der Waals surface area contributed by atoms with Gasteiger partial charge in [0.2, 0.25) is 0 Å². The molecule has 6 atom stereocenters. The van der Waals surface area contributed by atoms with E-state index in [0.717, 1.165) is 181 Å². The van der Waals surface area contributed by atoms with E-state index in [1.807, 2.05) is 107 Å². The first-order chi connectivity index (χ1) is 45.2. The maximum atomic E-state index is 13.4. The lowest BCUT2D eigenvalue weighted by molar-refractivity contribution is -0.117. The van der Waals surface area contributed by atoms with E-state index in [2.05, 4.69) is 31.5 Å². The van der Waals surface area contributed by atoms with E-state index in [4.69, 9.17) is 33.0 Å². The minimum absolute atomic E-state index is 0.144. The Labute approximate surface area is 551 Å². The van der Waals surface area contributed by atoms with Gasteiger partial charge in [0.25, 0.3) is 0 Å². The van der Waals surface area contributed by atoms with Crippen LogP contribution in [0.5, 0.6) is 0 Å². The van der Waals surface area contributed by atoms with Crippen LogP contribution in [0.3, 0.4) is 0 Å². The third-order valence-corrected chi connectivity index (χ3v) is 19.0. The van der Waals surface area contributed by atoms with E-state index in [1.165, 1.54) is 4.57 Å². The fraction of sp³-hybridized carbons (Fsp3) is 0.534. The van der Waals surface area contributed by atoms with Gasteiger partial charge in [0.15, 0.2) is 6.29 Å². The summed E-state index contributed by atoms with van der Waals surface area (Å²) in [5.74, 6) is 5.32. The van der Waals surface area contributed by atoms with Crippen molar-refractivity contribution in [3.05, 3.63) is 105 Å². The summed E-state index contributed by atoms with van der Waals surface area (Å²) in [6, 6.07) is 11.5. The number of aliphatic hydroxyl groups excluding tert-OH is 4. The number of fused-ring (bicyclic) bond motifs is 3. The van der Waals surface area contributed by atoms with Crippen LogP contribution in [0.1, 0.15) is 248 Å². The van der Waals surface area contributed by atoms with E-state index < -0.39 is 47.8 Å². The predicted octanol–water partition coefficient (Wildman–Crippen LogP) is 15.0. The molecule has 6 heterocycles. The SMILES string of the molecule is Cc1noc(C)c1-c1cc(C(O)C2CCCC2O)c2nc(C3CC3)[nH]c2c1.Cc1noc(C)c1-c1cc(C(O)C2CCCC2O)c2nc(C3CC3)n(C(=O)OC(C)(C)C)c2c1.Cc1noc(C)c1-c1cc(C=O)c2nc(C3CC3)n(C(=O)OC(C)(C)C)c2c1.O=C1CCCC1. The van der Waals surface area contributed by atoms with Gasteiger partial charge in [-0.25, -0.2) is 33.7 Å². The van der Waals surface area contributed by atoms with Gasteiger partial charge in [-0.05, 0) is 213 Å². The summed E-state index contributed by atoms with van der Waals surface area (Å²) in [4.78, 5) is 66.3. The van der Waals surface area contributed by atoms with Crippen LogP contribution in [0, 0.1) is 53.4 Å². The van der Waals surface area contributed by atoms with Crippen molar-refractivity contribution in [2.24, 2.45) is 11.8 Å². The molecule has 0 bridgehead atoms. The Hall–Kier alpha value is -8.18. The number of Topliss-reactive ketones (excluding diaryl/α,β-unsaturated/α-hetero) is 1. The molecule has 5 N–H and O–H groups in total. The highest BCUT2D eigenvalue weighted by Gasteiger charge is 2.40. The molecule has 3 aromatic carbocycles. The highest BCUT2D eigenvalue weighted by Crippen LogP contribution is 2.48. The number of imidazole rings is 3. The summed E-state index contributed by atoms with van der Waals surface area (Å²) >= 11 is 0. The van der Waals surface area contributed by atoms with Crippen LogP contribution in [-0.2, 0) is 14.3 Å². The minimum atomic E-state index is -0.908. The van der Waals surface area contributed by atoms with Crippen molar-refractivity contribution in [3.63, 3.8) is 0 Å². The van der Waals surface area contributed by atoms with Crippen molar-refractivity contribution < 1.29 is 62.6 Å². The Morgan fingerprint density at radius 2 is 0.958 bits per heavy atom. The molecule has 504 valence electrons. The van der Waals surface area contributed by atoms with Gasteiger partial charge < -0.3 is 48.5 Å². The topological polar surface area (TPSA) is 310 Å². The van der Waals surface area contributed by atoms with Gasteiger partial charge >= 0.3 is 12.2 Å². The third-order valence-electron chi connectivity index (χ3n) is 19.0. The molecule has 0 amide bonds. The second kappa shape index (κ2) is 26.4. The number of nitrogens with zero attached hydrogens (tertiary/aromatic N) is 8. The summed E-state index contributed by atoms with van der Waals surface area (Å²) in [5, 5.41) is 55.6. The molecule has 95 heavy (non-hydrogen) atoms. The molecular weight excluding hydrogens is 1210 g/mol. The van der Waals surface area contributed by atoms with Crippen molar-refractivity contribution >= 4 is 57.4 Å². The van der Waals surface area contributed by atoms with Crippen LogP contribution < -0.4 is 0 Å². The van der Waals surface area contributed by atoms with Gasteiger partial charge in [0.05, 0.1) is 74.6 Å². The van der Waals surface area contributed by atoms with E-state index in [0.29, 0.717) is 74.5 Å². The van der Waals surface area contributed by atoms with Crippen molar-refractivity contribution in [2.75, 3.05) is 0 Å². The molecule has 0 radical (unpaired) electrons. The molecule has 0 spiro atoms. The first-order valence-electron chi connectivity index (χ1n) is 33.8. The third kappa shape index (κ3) is 14.1. The summed E-state index contributed by atoms with van der Waals surface area (Å²) < 4.78 is 30.5. The lowest BCUT2D eigenvalue weighted by Crippen LogP contribution is -2.28. The molecule has 6 aromatic heterocycles. The van der Waals surface area contributed by atoms with E-state index in [9.17, 15) is 39.6 Å². The number of hydrogen-bond acceptors (Lipinski definition) is 19. The number of aromatic amines is 1. The maximum absolute atomic E-state index is 13.4. The van der Waals surface area contributed by atoms with Gasteiger partial charge in [-0.2, -0.15) is 0 Å². The largest absolute Gasteiger partial charge is 0.443 e.